The lowest BCUT2D eigenvalue weighted by Gasteiger charge is -2.30. The van der Waals surface area contributed by atoms with Gasteiger partial charge in [-0.2, -0.15) is 0 Å². The molecule has 3 rings (SSSR count). The molecule has 0 radical (unpaired) electrons. The van der Waals surface area contributed by atoms with Gasteiger partial charge in [0.15, 0.2) is 0 Å². The van der Waals surface area contributed by atoms with Gasteiger partial charge in [-0.3, -0.25) is 4.90 Å². The number of benzene rings is 1. The lowest BCUT2D eigenvalue weighted by Crippen LogP contribution is -2.32. The summed E-state index contributed by atoms with van der Waals surface area (Å²) in [5.41, 5.74) is 1.28. The van der Waals surface area contributed by atoms with Crippen LogP contribution in [-0.2, 0) is 0 Å². The number of hydrogen-bond acceptors (Lipinski definition) is 3. The van der Waals surface area contributed by atoms with Crippen molar-refractivity contribution in [1.29, 1.82) is 0 Å². The normalized spacial score (nSPS) is 18.4. The number of nitrogens with one attached hydrogen (secondary N) is 1. The Balaban J connectivity index is 1.97. The minimum atomic E-state index is 0.292. The zero-order valence-corrected chi connectivity index (χ0v) is 14.8. The molecule has 1 aliphatic rings. The van der Waals surface area contributed by atoms with E-state index in [9.17, 15) is 0 Å². The third-order valence-electron chi connectivity index (χ3n) is 3.77. The molecule has 0 saturated carbocycles. The van der Waals surface area contributed by atoms with Crippen LogP contribution >= 0.6 is 38.9 Å². The molecule has 1 fully saturated rings. The molecule has 2 nitrogen and oxygen atoms in total. The van der Waals surface area contributed by atoms with Crippen LogP contribution in [-0.4, -0.2) is 31.1 Å². The summed E-state index contributed by atoms with van der Waals surface area (Å²) in [7, 11) is 0. The first-order chi connectivity index (χ1) is 10.2. The molecule has 5 heteroatoms. The first kappa shape index (κ1) is 15.5. The maximum atomic E-state index is 6.22. The Labute approximate surface area is 143 Å². The van der Waals surface area contributed by atoms with E-state index >= 15 is 0 Å². The Morgan fingerprint density at radius 2 is 2.10 bits per heavy atom. The molecule has 1 atom stereocenters. The largest absolute Gasteiger partial charge is 0.315 e. The van der Waals surface area contributed by atoms with Gasteiger partial charge in [0, 0.05) is 29.5 Å². The van der Waals surface area contributed by atoms with Gasteiger partial charge < -0.3 is 5.32 Å². The molecule has 0 bridgehead atoms. The van der Waals surface area contributed by atoms with E-state index in [4.69, 9.17) is 11.6 Å². The lowest BCUT2D eigenvalue weighted by atomic mass is 10.0. The van der Waals surface area contributed by atoms with E-state index in [0.717, 1.165) is 31.2 Å². The molecular formula is C16H18BrClN2S. The van der Waals surface area contributed by atoms with E-state index in [0.29, 0.717) is 6.04 Å². The minimum absolute atomic E-state index is 0.292. The van der Waals surface area contributed by atoms with E-state index in [-0.39, 0.29) is 0 Å². The van der Waals surface area contributed by atoms with E-state index in [1.54, 1.807) is 0 Å². The summed E-state index contributed by atoms with van der Waals surface area (Å²) in [6.45, 7) is 4.32. The Hall–Kier alpha value is -0.390. The van der Waals surface area contributed by atoms with Crippen LogP contribution in [0.4, 0.5) is 0 Å². The molecule has 1 unspecified atom stereocenters. The zero-order chi connectivity index (χ0) is 14.7. The van der Waals surface area contributed by atoms with Gasteiger partial charge in [-0.25, -0.2) is 0 Å². The van der Waals surface area contributed by atoms with Crippen molar-refractivity contribution in [3.05, 3.63) is 55.6 Å². The molecule has 1 saturated heterocycles. The van der Waals surface area contributed by atoms with Crippen molar-refractivity contribution in [3.63, 3.8) is 0 Å². The maximum Gasteiger partial charge on any atom is 0.0702 e. The number of hydrogen-bond donors (Lipinski definition) is 1. The quantitative estimate of drug-likeness (QED) is 0.834. The highest BCUT2D eigenvalue weighted by Gasteiger charge is 2.24. The number of rotatable bonds is 3. The van der Waals surface area contributed by atoms with Crippen molar-refractivity contribution in [3.8, 4) is 0 Å². The van der Waals surface area contributed by atoms with Gasteiger partial charge in [-0.05, 0) is 58.7 Å². The molecule has 2 heterocycles. The van der Waals surface area contributed by atoms with E-state index in [2.05, 4.69) is 50.4 Å². The van der Waals surface area contributed by atoms with Gasteiger partial charge in [-0.1, -0.05) is 23.7 Å². The monoisotopic (exact) mass is 384 g/mol. The standard InChI is InChI=1S/C16H18BrClN2S/c17-15-6-5-14(21-15)16(12-3-1-4-13(18)11-12)20-9-2-7-19-8-10-20/h1,3-6,11,16,19H,2,7-10H2. The van der Waals surface area contributed by atoms with Gasteiger partial charge >= 0.3 is 0 Å². The SMILES string of the molecule is Clc1cccc(C(c2ccc(Br)s2)N2CCCNCC2)c1. The average Bonchev–Trinajstić information content (AvgIpc) is 2.73. The predicted octanol–water partition coefficient (Wildman–Crippen LogP) is 4.55. The van der Waals surface area contributed by atoms with Crippen LogP contribution in [0.2, 0.25) is 5.02 Å². The van der Waals surface area contributed by atoms with E-state index in [1.165, 1.54) is 20.6 Å². The van der Waals surface area contributed by atoms with Crippen LogP contribution < -0.4 is 5.32 Å². The number of nitrogens with zero attached hydrogens (tertiary/aromatic N) is 1. The molecule has 1 aromatic heterocycles. The summed E-state index contributed by atoms with van der Waals surface area (Å²) in [6, 6.07) is 12.9. The van der Waals surface area contributed by atoms with Crippen molar-refractivity contribution in [2.24, 2.45) is 0 Å². The van der Waals surface area contributed by atoms with Crippen LogP contribution in [0.3, 0.4) is 0 Å². The Bertz CT molecular complexity index is 593. The summed E-state index contributed by atoms with van der Waals surface area (Å²) >= 11 is 11.6. The summed E-state index contributed by atoms with van der Waals surface area (Å²) in [4.78, 5) is 3.93. The molecule has 0 aliphatic carbocycles. The number of thiophene rings is 1. The molecule has 112 valence electrons. The number of halogens is 2. The van der Waals surface area contributed by atoms with Gasteiger partial charge in [0.05, 0.1) is 9.83 Å². The fourth-order valence-electron chi connectivity index (χ4n) is 2.83. The maximum absolute atomic E-state index is 6.22. The second-order valence-corrected chi connectivity index (χ2v) is 8.17. The molecular weight excluding hydrogens is 368 g/mol. The lowest BCUT2D eigenvalue weighted by molar-refractivity contribution is 0.244. The summed E-state index contributed by atoms with van der Waals surface area (Å²) < 4.78 is 1.18. The highest BCUT2D eigenvalue weighted by Crippen LogP contribution is 2.36. The van der Waals surface area contributed by atoms with Gasteiger partial charge in [0.2, 0.25) is 0 Å². The Morgan fingerprint density at radius 3 is 2.86 bits per heavy atom. The van der Waals surface area contributed by atoms with E-state index < -0.39 is 0 Å². The van der Waals surface area contributed by atoms with Crippen LogP contribution in [0.15, 0.2) is 40.2 Å². The molecule has 1 aliphatic heterocycles. The van der Waals surface area contributed by atoms with Gasteiger partial charge in [0.1, 0.15) is 0 Å². The van der Waals surface area contributed by atoms with Crippen LogP contribution in [0.25, 0.3) is 0 Å². The second-order valence-electron chi connectivity index (χ2n) is 5.24. The summed E-state index contributed by atoms with van der Waals surface area (Å²) in [5, 5.41) is 4.28. The molecule has 1 N–H and O–H groups in total. The highest BCUT2D eigenvalue weighted by atomic mass is 79.9. The van der Waals surface area contributed by atoms with Crippen LogP contribution in [0.5, 0.6) is 0 Å². The first-order valence-corrected chi connectivity index (χ1v) is 9.18. The minimum Gasteiger partial charge on any atom is -0.315 e. The molecule has 1 aromatic carbocycles. The second kappa shape index (κ2) is 7.25. The fourth-order valence-corrected chi connectivity index (χ4v) is 4.62. The topological polar surface area (TPSA) is 15.3 Å². The van der Waals surface area contributed by atoms with Gasteiger partial charge in [-0.15, -0.1) is 11.3 Å². The molecule has 2 aromatic rings. The smallest absolute Gasteiger partial charge is 0.0702 e. The summed E-state index contributed by atoms with van der Waals surface area (Å²) in [6.07, 6.45) is 1.18. The van der Waals surface area contributed by atoms with Crippen molar-refractivity contribution in [2.75, 3.05) is 26.2 Å². The van der Waals surface area contributed by atoms with Gasteiger partial charge in [0.25, 0.3) is 0 Å². The van der Waals surface area contributed by atoms with Crippen molar-refractivity contribution < 1.29 is 0 Å². The van der Waals surface area contributed by atoms with E-state index in [1.807, 2.05) is 23.5 Å². The summed E-state index contributed by atoms with van der Waals surface area (Å²) in [5.74, 6) is 0. The third-order valence-corrected chi connectivity index (χ3v) is 5.68. The molecule has 0 spiro atoms. The van der Waals surface area contributed by atoms with Crippen LogP contribution in [0, 0.1) is 0 Å². The Morgan fingerprint density at radius 1 is 1.19 bits per heavy atom. The first-order valence-electron chi connectivity index (χ1n) is 7.19. The molecule has 0 amide bonds. The van der Waals surface area contributed by atoms with Crippen molar-refractivity contribution in [1.82, 2.24) is 10.2 Å². The predicted molar refractivity (Wildman–Crippen MR) is 94.4 cm³/mol. The highest BCUT2D eigenvalue weighted by molar-refractivity contribution is 9.11. The third kappa shape index (κ3) is 3.88. The fraction of sp³-hybridized carbons (Fsp3) is 0.375. The average molecular weight is 386 g/mol. The molecule has 21 heavy (non-hydrogen) atoms. The van der Waals surface area contributed by atoms with Crippen molar-refractivity contribution in [2.45, 2.75) is 12.5 Å². The van der Waals surface area contributed by atoms with Crippen LogP contribution in [0.1, 0.15) is 22.9 Å². The van der Waals surface area contributed by atoms with Crippen molar-refractivity contribution >= 4 is 38.9 Å². The zero-order valence-electron chi connectivity index (χ0n) is 11.7. The Kier molecular flexibility index (Phi) is 5.35.